The Balaban J connectivity index is 2.36. The lowest BCUT2D eigenvalue weighted by Crippen LogP contribution is -2.47. The third-order valence-electron chi connectivity index (χ3n) is 2.90. The molecule has 1 fully saturated rings. The van der Waals surface area contributed by atoms with Crippen molar-refractivity contribution in [2.75, 3.05) is 26.7 Å². The van der Waals surface area contributed by atoms with Crippen LogP contribution < -0.4 is 5.73 Å². The summed E-state index contributed by atoms with van der Waals surface area (Å²) < 4.78 is 0. The van der Waals surface area contributed by atoms with E-state index in [1.807, 2.05) is 0 Å². The van der Waals surface area contributed by atoms with Crippen LogP contribution in [-0.2, 0) is 0 Å². The van der Waals surface area contributed by atoms with Gasteiger partial charge in [-0.3, -0.25) is 0 Å². The molecule has 76 valence electrons. The molecule has 0 saturated carbocycles. The number of urea groups is 1. The minimum Gasteiger partial charge on any atom is -0.351 e. The molecule has 1 rings (SSSR count). The summed E-state index contributed by atoms with van der Waals surface area (Å²) in [7, 11) is 1.79. The van der Waals surface area contributed by atoms with Crippen LogP contribution in [0, 0.1) is 0 Å². The molecule has 0 aromatic rings. The van der Waals surface area contributed by atoms with E-state index in [9.17, 15) is 4.79 Å². The van der Waals surface area contributed by atoms with Crippen molar-refractivity contribution in [3.05, 3.63) is 0 Å². The third-order valence-corrected chi connectivity index (χ3v) is 2.90. The van der Waals surface area contributed by atoms with Crippen LogP contribution in [0.15, 0.2) is 0 Å². The van der Waals surface area contributed by atoms with Crippen LogP contribution >= 0.6 is 0 Å². The highest BCUT2D eigenvalue weighted by molar-refractivity contribution is 5.72. The molecule has 0 bridgehead atoms. The van der Waals surface area contributed by atoms with Crippen LogP contribution in [0.2, 0.25) is 0 Å². The Morgan fingerprint density at radius 2 is 2.08 bits per heavy atom. The average molecular weight is 185 g/mol. The number of carbonyl (C=O) groups is 1. The van der Waals surface area contributed by atoms with E-state index < -0.39 is 0 Å². The zero-order valence-electron chi connectivity index (χ0n) is 8.49. The van der Waals surface area contributed by atoms with Gasteiger partial charge in [-0.25, -0.2) is 4.79 Å². The summed E-state index contributed by atoms with van der Waals surface area (Å²) in [6, 6.07) is 0.0373. The van der Waals surface area contributed by atoms with Crippen LogP contribution in [0.1, 0.15) is 19.8 Å². The van der Waals surface area contributed by atoms with Crippen LogP contribution in [0.3, 0.4) is 0 Å². The number of hydrogen-bond donors (Lipinski definition) is 1. The third kappa shape index (κ3) is 2.59. The van der Waals surface area contributed by atoms with Gasteiger partial charge >= 0.3 is 6.03 Å². The van der Waals surface area contributed by atoms with E-state index in [4.69, 9.17) is 5.73 Å². The zero-order valence-corrected chi connectivity index (χ0v) is 8.49. The smallest absolute Gasteiger partial charge is 0.314 e. The van der Waals surface area contributed by atoms with Crippen molar-refractivity contribution in [3.63, 3.8) is 0 Å². The Hall–Kier alpha value is -0.770. The lowest BCUT2D eigenvalue weighted by Gasteiger charge is -2.35. The van der Waals surface area contributed by atoms with E-state index in [0.29, 0.717) is 6.04 Å². The second-order valence-electron chi connectivity index (χ2n) is 3.61. The quantitative estimate of drug-likeness (QED) is 0.680. The lowest BCUT2D eigenvalue weighted by atomic mass is 10.0. The van der Waals surface area contributed by atoms with Crippen molar-refractivity contribution in [2.24, 2.45) is 5.73 Å². The lowest BCUT2D eigenvalue weighted by molar-refractivity contribution is 0.143. The fraction of sp³-hybridized carbons (Fsp3) is 0.889. The van der Waals surface area contributed by atoms with Gasteiger partial charge in [-0.1, -0.05) is 6.92 Å². The van der Waals surface area contributed by atoms with Gasteiger partial charge in [-0.05, 0) is 19.4 Å². The molecule has 1 saturated heterocycles. The van der Waals surface area contributed by atoms with Crippen LogP contribution in [0.4, 0.5) is 4.79 Å². The van der Waals surface area contributed by atoms with Gasteiger partial charge < -0.3 is 15.5 Å². The molecule has 0 aromatic heterocycles. The normalized spacial score (nSPS) is 20.2. The Morgan fingerprint density at radius 1 is 1.54 bits per heavy atom. The molecule has 1 aliphatic heterocycles. The van der Waals surface area contributed by atoms with Crippen LogP contribution in [0.5, 0.6) is 0 Å². The van der Waals surface area contributed by atoms with Crippen LogP contribution in [0.25, 0.3) is 0 Å². The van der Waals surface area contributed by atoms with Crippen molar-refractivity contribution in [3.8, 4) is 0 Å². The molecule has 0 aliphatic carbocycles. The summed E-state index contributed by atoms with van der Waals surface area (Å²) in [5.74, 6) is 0. The van der Waals surface area contributed by atoms with Gasteiger partial charge in [0, 0.05) is 26.2 Å². The molecular weight excluding hydrogens is 166 g/mol. The van der Waals surface area contributed by atoms with Crippen LogP contribution in [-0.4, -0.2) is 48.6 Å². The molecule has 2 amide bonds. The number of likely N-dealkylation sites (tertiary alicyclic amines) is 1. The Bertz CT molecular complexity index is 176. The Labute approximate surface area is 79.7 Å². The Morgan fingerprint density at radius 3 is 2.46 bits per heavy atom. The summed E-state index contributed by atoms with van der Waals surface area (Å²) in [5, 5.41) is 0. The first-order valence-corrected chi connectivity index (χ1v) is 4.89. The maximum absolute atomic E-state index is 10.9. The molecule has 0 atom stereocenters. The molecule has 2 N–H and O–H groups in total. The van der Waals surface area contributed by atoms with Crippen molar-refractivity contribution in [2.45, 2.75) is 25.8 Å². The number of rotatable bonds is 2. The fourth-order valence-corrected chi connectivity index (χ4v) is 1.80. The van der Waals surface area contributed by atoms with E-state index >= 15 is 0 Å². The summed E-state index contributed by atoms with van der Waals surface area (Å²) in [6.45, 7) is 5.43. The summed E-state index contributed by atoms with van der Waals surface area (Å²) >= 11 is 0. The standard InChI is InChI=1S/C9H19N3O/c1-3-12-6-4-8(5-7-12)11(2)9(10)13/h8H,3-7H2,1-2H3,(H2,10,13). The van der Waals surface area contributed by atoms with Gasteiger partial charge in [-0.15, -0.1) is 0 Å². The number of amides is 2. The minimum atomic E-state index is -0.310. The SMILES string of the molecule is CCN1CCC(N(C)C(N)=O)CC1. The number of carbonyl (C=O) groups excluding carboxylic acids is 1. The number of primary amides is 1. The van der Waals surface area contributed by atoms with Gasteiger partial charge in [0.2, 0.25) is 0 Å². The molecule has 1 heterocycles. The first kappa shape index (κ1) is 10.3. The number of nitrogens with two attached hydrogens (primary N) is 1. The molecule has 0 radical (unpaired) electrons. The fourth-order valence-electron chi connectivity index (χ4n) is 1.80. The van der Waals surface area contributed by atoms with E-state index in [-0.39, 0.29) is 6.03 Å². The van der Waals surface area contributed by atoms with E-state index in [1.54, 1.807) is 11.9 Å². The van der Waals surface area contributed by atoms with Gasteiger partial charge in [0.1, 0.15) is 0 Å². The Kier molecular flexibility index (Phi) is 3.54. The topological polar surface area (TPSA) is 49.6 Å². The molecular formula is C9H19N3O. The van der Waals surface area contributed by atoms with Gasteiger partial charge in [0.25, 0.3) is 0 Å². The first-order chi connectivity index (χ1) is 6.15. The zero-order chi connectivity index (χ0) is 9.84. The van der Waals surface area contributed by atoms with Crippen molar-refractivity contribution >= 4 is 6.03 Å². The summed E-state index contributed by atoms with van der Waals surface area (Å²) in [4.78, 5) is 14.9. The van der Waals surface area contributed by atoms with E-state index in [0.717, 1.165) is 32.5 Å². The van der Waals surface area contributed by atoms with E-state index in [2.05, 4.69) is 11.8 Å². The maximum Gasteiger partial charge on any atom is 0.314 e. The second-order valence-corrected chi connectivity index (χ2v) is 3.61. The molecule has 1 aliphatic rings. The predicted octanol–water partition coefficient (Wildman–Crippen LogP) is 0.481. The van der Waals surface area contributed by atoms with Crippen molar-refractivity contribution < 1.29 is 4.79 Å². The minimum absolute atomic E-state index is 0.310. The number of piperidine rings is 1. The molecule has 0 aromatic carbocycles. The molecule has 0 unspecified atom stereocenters. The molecule has 4 heteroatoms. The largest absolute Gasteiger partial charge is 0.351 e. The van der Waals surface area contributed by atoms with Crippen molar-refractivity contribution in [1.29, 1.82) is 0 Å². The molecule has 0 spiro atoms. The summed E-state index contributed by atoms with van der Waals surface area (Å²) in [6.07, 6.45) is 2.10. The number of nitrogens with zero attached hydrogens (tertiary/aromatic N) is 2. The highest BCUT2D eigenvalue weighted by Gasteiger charge is 2.22. The van der Waals surface area contributed by atoms with E-state index in [1.165, 1.54) is 0 Å². The van der Waals surface area contributed by atoms with Gasteiger partial charge in [0.05, 0.1) is 0 Å². The monoisotopic (exact) mass is 185 g/mol. The average Bonchev–Trinajstić information content (AvgIpc) is 2.17. The molecule has 4 nitrogen and oxygen atoms in total. The van der Waals surface area contributed by atoms with Crippen molar-refractivity contribution in [1.82, 2.24) is 9.80 Å². The number of hydrogen-bond acceptors (Lipinski definition) is 2. The predicted molar refractivity (Wildman–Crippen MR) is 52.5 cm³/mol. The molecule has 13 heavy (non-hydrogen) atoms. The highest BCUT2D eigenvalue weighted by Crippen LogP contribution is 2.14. The van der Waals surface area contributed by atoms with Gasteiger partial charge in [-0.2, -0.15) is 0 Å². The highest BCUT2D eigenvalue weighted by atomic mass is 16.2. The first-order valence-electron chi connectivity index (χ1n) is 4.89. The second kappa shape index (κ2) is 4.46. The van der Waals surface area contributed by atoms with Gasteiger partial charge in [0.15, 0.2) is 0 Å². The maximum atomic E-state index is 10.9. The summed E-state index contributed by atoms with van der Waals surface area (Å²) in [5.41, 5.74) is 5.21.